The van der Waals surface area contributed by atoms with E-state index in [-0.39, 0.29) is 5.56 Å². The molecule has 4 N–H and O–H groups in total. The average Bonchev–Trinajstić information content (AvgIpc) is 2.43. The first-order chi connectivity index (χ1) is 10.6. The Morgan fingerprint density at radius 2 is 1.96 bits per heavy atom. The van der Waals surface area contributed by atoms with Gasteiger partial charge in [0, 0.05) is 5.56 Å². The Hall–Kier alpha value is -2.78. The lowest BCUT2D eigenvalue weighted by atomic mass is 10.2. The summed E-state index contributed by atoms with van der Waals surface area (Å²) in [4.78, 5) is 34.0. The predicted molar refractivity (Wildman–Crippen MR) is 72.3 cm³/mol. The Bertz CT molecular complexity index is 604. The zero-order chi connectivity index (χ0) is 17.6. The largest absolute Gasteiger partial charge is 0.573 e. The highest BCUT2D eigenvalue weighted by molar-refractivity contribution is 5.97. The molecule has 10 heteroatoms. The van der Waals surface area contributed by atoms with Crippen LogP contribution in [0.5, 0.6) is 5.75 Å². The molecule has 1 atom stereocenters. The summed E-state index contributed by atoms with van der Waals surface area (Å²) in [5.74, 6) is -2.76. The monoisotopic (exact) mass is 333 g/mol. The van der Waals surface area contributed by atoms with Crippen LogP contribution in [0.4, 0.5) is 13.2 Å². The van der Waals surface area contributed by atoms with Crippen molar-refractivity contribution in [3.8, 4) is 5.75 Å². The summed E-state index contributed by atoms with van der Waals surface area (Å²) in [6, 6.07) is 3.45. The second-order valence-electron chi connectivity index (χ2n) is 4.45. The van der Waals surface area contributed by atoms with Gasteiger partial charge in [0.05, 0.1) is 6.54 Å². The molecule has 7 nitrogen and oxygen atoms in total. The Morgan fingerprint density at radius 1 is 1.30 bits per heavy atom. The van der Waals surface area contributed by atoms with E-state index in [2.05, 4.69) is 15.4 Å². The van der Waals surface area contributed by atoms with Crippen molar-refractivity contribution in [2.75, 3.05) is 6.54 Å². The van der Waals surface area contributed by atoms with Crippen LogP contribution < -0.4 is 21.1 Å². The minimum atomic E-state index is -4.88. The van der Waals surface area contributed by atoms with Gasteiger partial charge in [0.15, 0.2) is 0 Å². The third kappa shape index (κ3) is 6.68. The van der Waals surface area contributed by atoms with Crippen molar-refractivity contribution in [1.82, 2.24) is 10.6 Å². The van der Waals surface area contributed by atoms with E-state index in [9.17, 15) is 27.6 Å². The Morgan fingerprint density at radius 3 is 2.52 bits per heavy atom. The molecule has 0 saturated carbocycles. The number of nitrogens with two attached hydrogens (primary N) is 1. The van der Waals surface area contributed by atoms with Crippen molar-refractivity contribution in [3.63, 3.8) is 0 Å². The first-order valence-electron chi connectivity index (χ1n) is 6.31. The van der Waals surface area contributed by atoms with E-state index in [4.69, 9.17) is 5.73 Å². The lowest BCUT2D eigenvalue weighted by Crippen LogP contribution is -2.46. The van der Waals surface area contributed by atoms with Crippen LogP contribution in [0.1, 0.15) is 17.3 Å². The van der Waals surface area contributed by atoms with Gasteiger partial charge in [-0.05, 0) is 25.1 Å². The highest BCUT2D eigenvalue weighted by Crippen LogP contribution is 2.23. The van der Waals surface area contributed by atoms with E-state index in [1.165, 1.54) is 19.1 Å². The third-order valence-electron chi connectivity index (χ3n) is 2.54. The summed E-state index contributed by atoms with van der Waals surface area (Å²) in [7, 11) is 0. The fourth-order valence-corrected chi connectivity index (χ4v) is 1.46. The number of carbonyl (C=O) groups excluding carboxylic acids is 3. The molecule has 0 heterocycles. The average molecular weight is 333 g/mol. The van der Waals surface area contributed by atoms with E-state index in [1.807, 2.05) is 0 Å². The van der Waals surface area contributed by atoms with E-state index in [1.54, 1.807) is 0 Å². The second kappa shape index (κ2) is 7.47. The van der Waals surface area contributed by atoms with Crippen LogP contribution >= 0.6 is 0 Å². The fraction of sp³-hybridized carbons (Fsp3) is 0.308. The number of rotatable bonds is 6. The molecule has 0 aliphatic carbocycles. The van der Waals surface area contributed by atoms with Crippen LogP contribution in [0.2, 0.25) is 0 Å². The summed E-state index contributed by atoms with van der Waals surface area (Å²) in [6.07, 6.45) is -4.88. The second-order valence-corrected chi connectivity index (χ2v) is 4.45. The molecular weight excluding hydrogens is 319 g/mol. The number of hydrogen-bond donors (Lipinski definition) is 3. The smallest absolute Gasteiger partial charge is 0.406 e. The van der Waals surface area contributed by atoms with Crippen molar-refractivity contribution >= 4 is 17.7 Å². The van der Waals surface area contributed by atoms with Crippen LogP contribution in [0.15, 0.2) is 24.3 Å². The molecule has 0 aliphatic heterocycles. The lowest BCUT2D eigenvalue weighted by Gasteiger charge is -2.12. The van der Waals surface area contributed by atoms with Gasteiger partial charge in [0.25, 0.3) is 5.91 Å². The summed E-state index contributed by atoms with van der Waals surface area (Å²) in [5, 5.41) is 4.42. The number of amides is 3. The van der Waals surface area contributed by atoms with Crippen LogP contribution in [0.25, 0.3) is 0 Å². The number of benzene rings is 1. The minimum Gasteiger partial charge on any atom is -0.406 e. The Labute approximate surface area is 129 Å². The van der Waals surface area contributed by atoms with Gasteiger partial charge >= 0.3 is 6.36 Å². The zero-order valence-electron chi connectivity index (χ0n) is 11.9. The van der Waals surface area contributed by atoms with Gasteiger partial charge in [-0.3, -0.25) is 14.4 Å². The zero-order valence-corrected chi connectivity index (χ0v) is 11.9. The quantitative estimate of drug-likeness (QED) is 0.695. The van der Waals surface area contributed by atoms with Crippen molar-refractivity contribution < 1.29 is 32.3 Å². The lowest BCUT2D eigenvalue weighted by molar-refractivity contribution is -0.274. The van der Waals surface area contributed by atoms with Gasteiger partial charge in [-0.2, -0.15) is 0 Å². The molecule has 0 fully saturated rings. The number of ether oxygens (including phenoxy) is 1. The number of alkyl halides is 3. The van der Waals surface area contributed by atoms with Gasteiger partial charge in [-0.25, -0.2) is 0 Å². The molecule has 0 radical (unpaired) electrons. The van der Waals surface area contributed by atoms with Gasteiger partial charge in [-0.15, -0.1) is 13.2 Å². The predicted octanol–water partition coefficient (Wildman–Crippen LogP) is 0.305. The molecule has 3 amide bonds. The van der Waals surface area contributed by atoms with Gasteiger partial charge in [0.1, 0.15) is 11.8 Å². The Balaban J connectivity index is 2.60. The molecule has 23 heavy (non-hydrogen) atoms. The van der Waals surface area contributed by atoms with Crippen molar-refractivity contribution in [2.45, 2.75) is 19.3 Å². The van der Waals surface area contributed by atoms with Crippen molar-refractivity contribution in [1.29, 1.82) is 0 Å². The fourth-order valence-electron chi connectivity index (χ4n) is 1.46. The SMILES string of the molecule is CC(NC(=O)CNC(=O)c1cccc(OC(F)(F)F)c1)C(N)=O. The number of hydrogen-bond acceptors (Lipinski definition) is 4. The van der Waals surface area contributed by atoms with Crippen molar-refractivity contribution in [3.05, 3.63) is 29.8 Å². The molecule has 0 aromatic heterocycles. The molecule has 1 rings (SSSR count). The van der Waals surface area contributed by atoms with E-state index < -0.39 is 42.4 Å². The van der Waals surface area contributed by atoms with E-state index >= 15 is 0 Å². The van der Waals surface area contributed by atoms with Crippen LogP contribution in [-0.4, -0.2) is 36.7 Å². The summed E-state index contributed by atoms with van der Waals surface area (Å²) in [5.41, 5.74) is 4.83. The van der Waals surface area contributed by atoms with Gasteiger partial charge < -0.3 is 21.1 Å². The molecular formula is C13H14F3N3O4. The number of carbonyl (C=O) groups is 3. The standard InChI is InChI=1S/C13H14F3N3O4/c1-7(11(17)21)19-10(20)6-18-12(22)8-3-2-4-9(5-8)23-13(14,15)16/h2-5,7H,6H2,1H3,(H2,17,21)(H,18,22)(H,19,20). The molecule has 126 valence electrons. The van der Waals surface area contributed by atoms with Crippen molar-refractivity contribution in [2.24, 2.45) is 5.73 Å². The summed E-state index contributed by atoms with van der Waals surface area (Å²) < 4.78 is 40.0. The van der Waals surface area contributed by atoms with Crippen LogP contribution in [-0.2, 0) is 9.59 Å². The Kier molecular flexibility index (Phi) is 5.94. The summed E-state index contributed by atoms with van der Waals surface area (Å²) >= 11 is 0. The van der Waals surface area contributed by atoms with Gasteiger partial charge in [0.2, 0.25) is 11.8 Å². The molecule has 1 unspecified atom stereocenters. The minimum absolute atomic E-state index is 0.123. The summed E-state index contributed by atoms with van der Waals surface area (Å²) in [6.45, 7) is 0.890. The maximum absolute atomic E-state index is 12.1. The number of nitrogens with one attached hydrogen (secondary N) is 2. The topological polar surface area (TPSA) is 111 Å². The molecule has 0 aliphatic rings. The third-order valence-corrected chi connectivity index (χ3v) is 2.54. The molecule has 0 saturated heterocycles. The van der Waals surface area contributed by atoms with E-state index in [0.29, 0.717) is 0 Å². The van der Waals surface area contributed by atoms with Gasteiger partial charge in [-0.1, -0.05) is 6.07 Å². The van der Waals surface area contributed by atoms with E-state index in [0.717, 1.165) is 12.1 Å². The molecule has 0 bridgehead atoms. The van der Waals surface area contributed by atoms with Crippen LogP contribution in [0, 0.1) is 0 Å². The first kappa shape index (κ1) is 18.3. The molecule has 0 spiro atoms. The normalized spacial score (nSPS) is 12.2. The highest BCUT2D eigenvalue weighted by Gasteiger charge is 2.31. The number of primary amides is 1. The van der Waals surface area contributed by atoms with Crippen LogP contribution in [0.3, 0.4) is 0 Å². The maximum Gasteiger partial charge on any atom is 0.573 e. The molecule has 1 aromatic rings. The molecule has 1 aromatic carbocycles. The first-order valence-corrected chi connectivity index (χ1v) is 6.31. The highest BCUT2D eigenvalue weighted by atomic mass is 19.4. The number of halogens is 3. The maximum atomic E-state index is 12.1.